The standard InChI is InChI=1S/C19H27N3OS/c1-4-21-9-7-8-16(13-21)12-20-18(23)17-14(2)15(3)24-19(17)22-10-5-6-11-22/h5-6,10-11,16H,4,7-9,12-13H2,1-3H3,(H,20,23)/t16-/m1/s1. The average molecular weight is 346 g/mol. The van der Waals surface area contributed by atoms with E-state index >= 15 is 0 Å². The highest BCUT2D eigenvalue weighted by Crippen LogP contribution is 2.31. The number of thiophene rings is 1. The molecule has 0 unspecified atom stereocenters. The second kappa shape index (κ2) is 7.53. The number of piperidine rings is 1. The number of amides is 1. The number of aromatic nitrogens is 1. The van der Waals surface area contributed by atoms with E-state index in [1.54, 1.807) is 11.3 Å². The molecule has 0 radical (unpaired) electrons. The zero-order chi connectivity index (χ0) is 17.1. The number of carbonyl (C=O) groups excluding carboxylic acids is 1. The normalized spacial score (nSPS) is 18.7. The van der Waals surface area contributed by atoms with Crippen molar-refractivity contribution in [2.75, 3.05) is 26.2 Å². The van der Waals surface area contributed by atoms with E-state index in [0.717, 1.165) is 35.8 Å². The monoisotopic (exact) mass is 345 g/mol. The highest BCUT2D eigenvalue weighted by molar-refractivity contribution is 7.15. The van der Waals surface area contributed by atoms with Crippen LogP contribution in [0.1, 0.15) is 40.6 Å². The van der Waals surface area contributed by atoms with Gasteiger partial charge in [0, 0.05) is 30.4 Å². The lowest BCUT2D eigenvalue weighted by atomic mass is 9.98. The molecule has 0 spiro atoms. The first kappa shape index (κ1) is 17.2. The molecule has 0 bridgehead atoms. The van der Waals surface area contributed by atoms with Gasteiger partial charge in [0.15, 0.2) is 0 Å². The summed E-state index contributed by atoms with van der Waals surface area (Å²) >= 11 is 1.69. The maximum absolute atomic E-state index is 12.9. The molecule has 1 N–H and O–H groups in total. The van der Waals surface area contributed by atoms with Crippen LogP contribution in [-0.4, -0.2) is 41.6 Å². The Morgan fingerprint density at radius 1 is 1.33 bits per heavy atom. The van der Waals surface area contributed by atoms with Gasteiger partial charge in [0.25, 0.3) is 5.91 Å². The molecule has 1 fully saturated rings. The first-order valence-electron chi connectivity index (χ1n) is 8.84. The van der Waals surface area contributed by atoms with Crippen LogP contribution < -0.4 is 5.32 Å². The van der Waals surface area contributed by atoms with Crippen molar-refractivity contribution in [3.8, 4) is 5.00 Å². The molecule has 130 valence electrons. The van der Waals surface area contributed by atoms with Gasteiger partial charge in [-0.05, 0) is 63.4 Å². The quantitative estimate of drug-likeness (QED) is 0.899. The zero-order valence-corrected chi connectivity index (χ0v) is 15.7. The summed E-state index contributed by atoms with van der Waals surface area (Å²) in [5, 5.41) is 4.22. The summed E-state index contributed by atoms with van der Waals surface area (Å²) in [7, 11) is 0. The van der Waals surface area contributed by atoms with Gasteiger partial charge in [-0.2, -0.15) is 0 Å². The Morgan fingerprint density at radius 2 is 2.08 bits per heavy atom. The third kappa shape index (κ3) is 3.57. The first-order chi connectivity index (χ1) is 11.6. The Hall–Kier alpha value is -1.59. The fraction of sp³-hybridized carbons (Fsp3) is 0.526. The average Bonchev–Trinajstić information content (AvgIpc) is 3.22. The van der Waals surface area contributed by atoms with Gasteiger partial charge in [0.1, 0.15) is 5.00 Å². The zero-order valence-electron chi connectivity index (χ0n) is 14.8. The molecule has 2 aromatic heterocycles. The van der Waals surface area contributed by atoms with Gasteiger partial charge in [-0.3, -0.25) is 4.79 Å². The fourth-order valence-corrected chi connectivity index (χ4v) is 4.58. The lowest BCUT2D eigenvalue weighted by Crippen LogP contribution is -2.40. The highest BCUT2D eigenvalue weighted by atomic mass is 32.1. The number of likely N-dealkylation sites (tertiary alicyclic amines) is 1. The molecule has 3 rings (SSSR count). The van der Waals surface area contributed by atoms with Gasteiger partial charge in [-0.1, -0.05) is 6.92 Å². The van der Waals surface area contributed by atoms with E-state index in [1.165, 1.54) is 24.3 Å². The minimum atomic E-state index is 0.0640. The Labute approximate surface area is 148 Å². The van der Waals surface area contributed by atoms with E-state index in [0.29, 0.717) is 5.92 Å². The first-order valence-corrected chi connectivity index (χ1v) is 9.65. The van der Waals surface area contributed by atoms with Gasteiger partial charge in [-0.25, -0.2) is 0 Å². The SMILES string of the molecule is CCN1CCC[C@H](CNC(=O)c2c(-n3cccc3)sc(C)c2C)C1. The fourth-order valence-electron chi connectivity index (χ4n) is 3.46. The predicted octanol–water partition coefficient (Wildman–Crippen LogP) is 3.62. The van der Waals surface area contributed by atoms with Crippen LogP contribution in [0, 0.1) is 19.8 Å². The van der Waals surface area contributed by atoms with Crippen molar-refractivity contribution in [3.05, 3.63) is 40.5 Å². The molecule has 1 aliphatic heterocycles. The summed E-state index contributed by atoms with van der Waals surface area (Å²) in [6.45, 7) is 10.5. The van der Waals surface area contributed by atoms with Crippen LogP contribution in [0.3, 0.4) is 0 Å². The van der Waals surface area contributed by atoms with Crippen molar-refractivity contribution in [2.24, 2.45) is 5.92 Å². The van der Waals surface area contributed by atoms with Crippen LogP contribution in [0.25, 0.3) is 5.00 Å². The maximum atomic E-state index is 12.9. The van der Waals surface area contributed by atoms with Crippen molar-refractivity contribution in [1.29, 1.82) is 0 Å². The molecule has 2 aromatic rings. The number of rotatable bonds is 5. The smallest absolute Gasteiger partial charge is 0.254 e. The summed E-state index contributed by atoms with van der Waals surface area (Å²) in [5.41, 5.74) is 1.93. The van der Waals surface area contributed by atoms with Crippen LogP contribution in [0.5, 0.6) is 0 Å². The highest BCUT2D eigenvalue weighted by Gasteiger charge is 2.23. The van der Waals surface area contributed by atoms with Crippen LogP contribution in [0.4, 0.5) is 0 Å². The minimum absolute atomic E-state index is 0.0640. The van der Waals surface area contributed by atoms with Crippen LogP contribution in [0.15, 0.2) is 24.5 Å². The summed E-state index contributed by atoms with van der Waals surface area (Å²) in [6.07, 6.45) is 6.45. The Balaban J connectivity index is 1.71. The molecular formula is C19H27N3OS. The lowest BCUT2D eigenvalue weighted by molar-refractivity contribution is 0.0933. The molecule has 0 saturated carbocycles. The predicted molar refractivity (Wildman–Crippen MR) is 100 cm³/mol. The van der Waals surface area contributed by atoms with Gasteiger partial charge >= 0.3 is 0 Å². The van der Waals surface area contributed by atoms with Gasteiger partial charge in [0.2, 0.25) is 0 Å². The summed E-state index contributed by atoms with van der Waals surface area (Å²) < 4.78 is 2.04. The lowest BCUT2D eigenvalue weighted by Gasteiger charge is -2.31. The Kier molecular flexibility index (Phi) is 5.41. The number of hydrogen-bond donors (Lipinski definition) is 1. The van der Waals surface area contributed by atoms with Crippen LogP contribution in [-0.2, 0) is 0 Å². The molecular weight excluding hydrogens is 318 g/mol. The summed E-state index contributed by atoms with van der Waals surface area (Å²) in [4.78, 5) is 16.5. The maximum Gasteiger partial charge on any atom is 0.254 e. The van der Waals surface area contributed by atoms with Crippen molar-refractivity contribution in [3.63, 3.8) is 0 Å². The molecule has 4 nitrogen and oxygen atoms in total. The number of hydrogen-bond acceptors (Lipinski definition) is 3. The second-order valence-corrected chi connectivity index (χ2v) is 7.87. The number of nitrogens with one attached hydrogen (secondary N) is 1. The van der Waals surface area contributed by atoms with Crippen LogP contribution in [0.2, 0.25) is 0 Å². The van der Waals surface area contributed by atoms with E-state index < -0.39 is 0 Å². The van der Waals surface area contributed by atoms with Gasteiger partial charge in [0.05, 0.1) is 5.56 Å². The largest absolute Gasteiger partial charge is 0.352 e. The molecule has 24 heavy (non-hydrogen) atoms. The summed E-state index contributed by atoms with van der Waals surface area (Å²) in [6, 6.07) is 3.99. The Morgan fingerprint density at radius 3 is 2.79 bits per heavy atom. The number of nitrogens with zero attached hydrogens (tertiary/aromatic N) is 2. The van der Waals surface area contributed by atoms with Gasteiger partial charge < -0.3 is 14.8 Å². The van der Waals surface area contributed by atoms with Crippen molar-refractivity contribution >= 4 is 17.2 Å². The number of aryl methyl sites for hydroxylation is 1. The van der Waals surface area contributed by atoms with Crippen molar-refractivity contribution in [2.45, 2.75) is 33.6 Å². The van der Waals surface area contributed by atoms with E-state index in [9.17, 15) is 4.79 Å². The minimum Gasteiger partial charge on any atom is -0.352 e. The molecule has 1 atom stereocenters. The van der Waals surface area contributed by atoms with E-state index in [4.69, 9.17) is 0 Å². The van der Waals surface area contributed by atoms with Gasteiger partial charge in [-0.15, -0.1) is 11.3 Å². The molecule has 3 heterocycles. The van der Waals surface area contributed by atoms with Crippen LogP contribution >= 0.6 is 11.3 Å². The molecule has 1 aliphatic rings. The van der Waals surface area contributed by atoms with E-state index in [2.05, 4.69) is 24.1 Å². The second-order valence-electron chi connectivity index (χ2n) is 6.67. The van der Waals surface area contributed by atoms with E-state index in [-0.39, 0.29) is 5.91 Å². The third-order valence-electron chi connectivity index (χ3n) is 5.03. The third-order valence-corrected chi connectivity index (χ3v) is 6.26. The van der Waals surface area contributed by atoms with Crippen molar-refractivity contribution in [1.82, 2.24) is 14.8 Å². The molecule has 1 saturated heterocycles. The molecule has 5 heteroatoms. The molecule has 0 aliphatic carbocycles. The van der Waals surface area contributed by atoms with Crippen molar-refractivity contribution < 1.29 is 4.79 Å². The van der Waals surface area contributed by atoms with E-state index in [1.807, 2.05) is 36.0 Å². The number of carbonyl (C=O) groups is 1. The molecule has 0 aromatic carbocycles. The molecule has 1 amide bonds. The Bertz CT molecular complexity index is 690. The topological polar surface area (TPSA) is 37.3 Å². The summed E-state index contributed by atoms with van der Waals surface area (Å²) in [5.74, 6) is 0.631.